The molecule has 0 saturated carbocycles. The topological polar surface area (TPSA) is 176 Å². The Labute approximate surface area is 154 Å². The molecule has 0 heterocycles. The number of hydrogen-bond donors (Lipinski definition) is 4. The van der Waals surface area contributed by atoms with Crippen molar-refractivity contribution in [1.82, 2.24) is 10.0 Å². The lowest BCUT2D eigenvalue weighted by Gasteiger charge is -2.14. The first-order valence-corrected chi connectivity index (χ1v) is 8.99. The predicted octanol–water partition coefficient (Wildman–Crippen LogP) is -0.856. The fourth-order valence-corrected chi connectivity index (χ4v) is 2.97. The Morgan fingerprint density at radius 3 is 2.52 bits per heavy atom. The average molecular weight is 402 g/mol. The van der Waals surface area contributed by atoms with Gasteiger partial charge in [0.25, 0.3) is 6.47 Å². The number of carbonyl (C=O) groups is 4. The Morgan fingerprint density at radius 1 is 1.30 bits per heavy atom. The molecule has 0 aliphatic rings. The maximum atomic E-state index is 12.2. The van der Waals surface area contributed by atoms with Crippen molar-refractivity contribution in [2.24, 2.45) is 0 Å². The van der Waals surface area contributed by atoms with Crippen LogP contribution in [0.2, 0.25) is 0 Å². The number of carboxylic acid groups (broad SMARTS) is 1. The van der Waals surface area contributed by atoms with E-state index >= 15 is 0 Å². The maximum Gasteiger partial charge on any atom is 0.305 e. The number of ketones is 1. The van der Waals surface area contributed by atoms with Gasteiger partial charge in [0.05, 0.1) is 17.4 Å². The minimum absolute atomic E-state index is 0.0196. The molecule has 11 nitrogen and oxygen atoms in total. The average Bonchev–Trinajstić information content (AvgIpc) is 2.55. The van der Waals surface area contributed by atoms with Gasteiger partial charge in [-0.2, -0.15) is 0 Å². The minimum atomic E-state index is -4.08. The number of carbonyl (C=O) groups excluding carboxylic acids is 3. The summed E-state index contributed by atoms with van der Waals surface area (Å²) >= 11 is 0. The van der Waals surface area contributed by atoms with E-state index in [0.29, 0.717) is 0 Å². The first-order chi connectivity index (χ1) is 12.6. The second kappa shape index (κ2) is 9.64. The molecule has 0 bridgehead atoms. The molecule has 1 atom stereocenters. The molecule has 0 aliphatic heterocycles. The van der Waals surface area contributed by atoms with E-state index in [-0.39, 0.29) is 30.1 Å². The number of ether oxygens (including phenoxy) is 1. The number of amides is 1. The molecule has 0 fully saturated rings. The van der Waals surface area contributed by atoms with Crippen LogP contribution in [0, 0.1) is 0 Å². The molecule has 1 rings (SSSR count). The smallest absolute Gasteiger partial charge is 0.305 e. The molecule has 0 aliphatic carbocycles. The van der Waals surface area contributed by atoms with Crippen LogP contribution in [0.15, 0.2) is 23.1 Å². The van der Waals surface area contributed by atoms with Gasteiger partial charge in [-0.05, 0) is 19.1 Å². The largest absolute Gasteiger partial charge is 0.504 e. The number of hydrogen-bond acceptors (Lipinski definition) is 8. The van der Waals surface area contributed by atoms with Gasteiger partial charge >= 0.3 is 5.97 Å². The van der Waals surface area contributed by atoms with E-state index in [0.717, 1.165) is 25.1 Å². The quantitative estimate of drug-likeness (QED) is 0.343. The normalized spacial score (nSPS) is 12.0. The molecule has 0 spiro atoms. The van der Waals surface area contributed by atoms with Crippen molar-refractivity contribution in [3.05, 3.63) is 18.2 Å². The molecule has 0 aromatic heterocycles. The number of phenols is 1. The zero-order chi connectivity index (χ0) is 20.6. The SMILES string of the molecule is CC(=O)[C@H](CC(=O)O)NC(=O)CCNS(=O)(=O)c1ccc(O)c(OC=O)c1. The van der Waals surface area contributed by atoms with Gasteiger partial charge in [0.1, 0.15) is 0 Å². The molecule has 0 radical (unpaired) electrons. The number of phenolic OH excluding ortho intramolecular Hbond substituents is 1. The number of Topliss-reactive ketones (excluding diaryl/α,β-unsaturated/α-hetero) is 1. The van der Waals surface area contributed by atoms with E-state index in [4.69, 9.17) is 5.11 Å². The molecule has 4 N–H and O–H groups in total. The number of sulfonamides is 1. The van der Waals surface area contributed by atoms with Gasteiger partial charge in [0.15, 0.2) is 17.3 Å². The number of benzene rings is 1. The second-order valence-electron chi connectivity index (χ2n) is 5.32. The van der Waals surface area contributed by atoms with Gasteiger partial charge in [-0.1, -0.05) is 0 Å². The van der Waals surface area contributed by atoms with E-state index in [1.54, 1.807) is 0 Å². The molecule has 27 heavy (non-hydrogen) atoms. The van der Waals surface area contributed by atoms with Crippen LogP contribution in [-0.4, -0.2) is 55.3 Å². The lowest BCUT2D eigenvalue weighted by Crippen LogP contribution is -2.42. The summed E-state index contributed by atoms with van der Waals surface area (Å²) in [5, 5.41) is 20.4. The highest BCUT2D eigenvalue weighted by atomic mass is 32.2. The summed E-state index contributed by atoms with van der Waals surface area (Å²) in [5.74, 6) is -3.32. The Morgan fingerprint density at radius 2 is 1.96 bits per heavy atom. The summed E-state index contributed by atoms with van der Waals surface area (Å²) in [6.07, 6.45) is -0.932. The molecule has 1 amide bonds. The molecule has 1 aromatic rings. The highest BCUT2D eigenvalue weighted by molar-refractivity contribution is 7.89. The highest BCUT2D eigenvalue weighted by Crippen LogP contribution is 2.28. The number of aliphatic carboxylic acids is 1. The Bertz CT molecular complexity index is 836. The number of nitrogens with one attached hydrogen (secondary N) is 2. The van der Waals surface area contributed by atoms with Gasteiger partial charge in [-0.25, -0.2) is 13.1 Å². The first kappa shape index (κ1) is 22.1. The predicted molar refractivity (Wildman–Crippen MR) is 89.5 cm³/mol. The van der Waals surface area contributed by atoms with Crippen LogP contribution in [-0.2, 0) is 29.2 Å². The van der Waals surface area contributed by atoms with Crippen LogP contribution in [0.5, 0.6) is 11.5 Å². The van der Waals surface area contributed by atoms with Gasteiger partial charge < -0.3 is 20.3 Å². The van der Waals surface area contributed by atoms with Gasteiger partial charge in [-0.3, -0.25) is 19.2 Å². The Kier molecular flexibility index (Phi) is 7.87. The highest BCUT2D eigenvalue weighted by Gasteiger charge is 2.21. The zero-order valence-corrected chi connectivity index (χ0v) is 15.0. The molecule has 0 unspecified atom stereocenters. The van der Waals surface area contributed by atoms with Crippen LogP contribution < -0.4 is 14.8 Å². The van der Waals surface area contributed by atoms with E-state index in [9.17, 15) is 32.7 Å². The van der Waals surface area contributed by atoms with Crippen molar-refractivity contribution in [3.8, 4) is 11.5 Å². The van der Waals surface area contributed by atoms with Crippen LogP contribution in [0.4, 0.5) is 0 Å². The third-order valence-electron chi connectivity index (χ3n) is 3.27. The second-order valence-corrected chi connectivity index (χ2v) is 7.09. The zero-order valence-electron chi connectivity index (χ0n) is 14.2. The molecular weight excluding hydrogens is 384 g/mol. The molecule has 148 valence electrons. The maximum absolute atomic E-state index is 12.2. The Balaban J connectivity index is 2.67. The van der Waals surface area contributed by atoms with Crippen LogP contribution in [0.1, 0.15) is 19.8 Å². The van der Waals surface area contributed by atoms with E-state index < -0.39 is 45.9 Å². The van der Waals surface area contributed by atoms with Crippen molar-refractivity contribution in [2.75, 3.05) is 6.54 Å². The van der Waals surface area contributed by atoms with Crippen molar-refractivity contribution < 1.29 is 42.5 Å². The lowest BCUT2D eigenvalue weighted by molar-refractivity contribution is -0.139. The Hall–Kier alpha value is -2.99. The van der Waals surface area contributed by atoms with E-state index in [1.165, 1.54) is 0 Å². The van der Waals surface area contributed by atoms with Crippen molar-refractivity contribution in [1.29, 1.82) is 0 Å². The first-order valence-electron chi connectivity index (χ1n) is 7.51. The molecule has 12 heteroatoms. The monoisotopic (exact) mass is 402 g/mol. The summed E-state index contributed by atoms with van der Waals surface area (Å²) in [5.41, 5.74) is 0. The summed E-state index contributed by atoms with van der Waals surface area (Å²) in [6.45, 7) is 0.808. The third kappa shape index (κ3) is 7.03. The van der Waals surface area contributed by atoms with Crippen molar-refractivity contribution in [3.63, 3.8) is 0 Å². The number of aromatic hydroxyl groups is 1. The molecule has 0 saturated heterocycles. The minimum Gasteiger partial charge on any atom is -0.504 e. The summed E-state index contributed by atoms with van der Waals surface area (Å²) in [7, 11) is -4.08. The third-order valence-corrected chi connectivity index (χ3v) is 4.72. The fraction of sp³-hybridized carbons (Fsp3) is 0.333. The van der Waals surface area contributed by atoms with Crippen molar-refractivity contribution in [2.45, 2.75) is 30.7 Å². The van der Waals surface area contributed by atoms with Crippen LogP contribution in [0.25, 0.3) is 0 Å². The summed E-state index contributed by atoms with van der Waals surface area (Å²) in [4.78, 5) is 43.7. The van der Waals surface area contributed by atoms with Gasteiger partial charge in [0, 0.05) is 19.0 Å². The van der Waals surface area contributed by atoms with E-state index in [1.807, 2.05) is 0 Å². The molecular formula is C15H18N2O9S. The fourth-order valence-electron chi connectivity index (χ4n) is 1.93. The lowest BCUT2D eigenvalue weighted by atomic mass is 10.1. The van der Waals surface area contributed by atoms with Gasteiger partial charge in [-0.15, -0.1) is 0 Å². The standard InChI is InChI=1S/C15H18N2O9S/c1-9(19)11(7-15(22)23)17-14(21)4-5-16-27(24,25)10-2-3-12(20)13(6-10)26-8-18/h2-3,6,8,11,16,20H,4-5,7H2,1H3,(H,17,21)(H,22,23)/t11-/m0/s1. The molecule has 1 aromatic carbocycles. The van der Waals surface area contributed by atoms with E-state index in [2.05, 4.69) is 14.8 Å². The van der Waals surface area contributed by atoms with Gasteiger partial charge in [0.2, 0.25) is 15.9 Å². The van der Waals surface area contributed by atoms with Crippen molar-refractivity contribution >= 4 is 34.2 Å². The number of carboxylic acids is 1. The summed E-state index contributed by atoms with van der Waals surface area (Å²) < 4.78 is 30.9. The summed E-state index contributed by atoms with van der Waals surface area (Å²) in [6, 6.07) is 1.80. The number of rotatable bonds is 11. The van der Waals surface area contributed by atoms with Crippen LogP contribution >= 0.6 is 0 Å². The van der Waals surface area contributed by atoms with Crippen LogP contribution in [0.3, 0.4) is 0 Å².